The number of thioether (sulfide) groups is 1. The third-order valence-electron chi connectivity index (χ3n) is 4.14. The zero-order valence-corrected chi connectivity index (χ0v) is 14.7. The minimum atomic E-state index is 0.116. The SMILES string of the molecule is CC(=O)Sc1cccc(C2CC2)c1COc1ccc(C)cc1C. The smallest absolute Gasteiger partial charge is 0.190 e. The first-order valence-corrected chi connectivity index (χ1v) is 8.86. The molecule has 0 unspecified atom stereocenters. The first-order valence-electron chi connectivity index (χ1n) is 8.05. The van der Waals surface area contributed by atoms with E-state index in [4.69, 9.17) is 4.74 Å². The average molecular weight is 326 g/mol. The Morgan fingerprint density at radius 3 is 2.65 bits per heavy atom. The molecule has 0 bridgehead atoms. The number of aryl methyl sites for hydroxylation is 2. The van der Waals surface area contributed by atoms with Gasteiger partial charge in [0.05, 0.1) is 0 Å². The highest BCUT2D eigenvalue weighted by Gasteiger charge is 2.27. The van der Waals surface area contributed by atoms with Crippen molar-refractivity contribution in [3.8, 4) is 5.75 Å². The maximum absolute atomic E-state index is 11.6. The van der Waals surface area contributed by atoms with E-state index < -0.39 is 0 Å². The van der Waals surface area contributed by atoms with Crippen molar-refractivity contribution in [2.24, 2.45) is 0 Å². The zero-order chi connectivity index (χ0) is 16.4. The molecule has 0 atom stereocenters. The maximum atomic E-state index is 11.6. The molecule has 1 fully saturated rings. The molecular formula is C20H22O2S. The fourth-order valence-corrected chi connectivity index (χ4v) is 3.63. The van der Waals surface area contributed by atoms with Gasteiger partial charge < -0.3 is 4.74 Å². The summed E-state index contributed by atoms with van der Waals surface area (Å²) in [6.45, 7) is 6.29. The molecule has 0 aromatic heterocycles. The summed E-state index contributed by atoms with van der Waals surface area (Å²) in [4.78, 5) is 12.6. The van der Waals surface area contributed by atoms with Crippen molar-refractivity contribution in [1.29, 1.82) is 0 Å². The summed E-state index contributed by atoms with van der Waals surface area (Å²) in [5.41, 5.74) is 4.91. The van der Waals surface area contributed by atoms with E-state index in [2.05, 4.69) is 38.1 Å². The minimum Gasteiger partial charge on any atom is -0.489 e. The van der Waals surface area contributed by atoms with Crippen molar-refractivity contribution in [2.75, 3.05) is 0 Å². The Bertz CT molecular complexity index is 732. The summed E-state index contributed by atoms with van der Waals surface area (Å²) in [7, 11) is 0. The van der Waals surface area contributed by atoms with Crippen LogP contribution in [0.5, 0.6) is 5.75 Å². The van der Waals surface area contributed by atoms with Gasteiger partial charge in [-0.25, -0.2) is 0 Å². The quantitative estimate of drug-likeness (QED) is 0.688. The molecule has 1 saturated carbocycles. The molecule has 2 aromatic rings. The average Bonchev–Trinajstić information content (AvgIpc) is 3.31. The second-order valence-electron chi connectivity index (χ2n) is 6.25. The van der Waals surface area contributed by atoms with E-state index >= 15 is 0 Å². The Morgan fingerprint density at radius 2 is 2.00 bits per heavy atom. The van der Waals surface area contributed by atoms with E-state index in [0.29, 0.717) is 12.5 Å². The summed E-state index contributed by atoms with van der Waals surface area (Å²) in [5, 5.41) is 0.116. The summed E-state index contributed by atoms with van der Waals surface area (Å²) < 4.78 is 6.09. The van der Waals surface area contributed by atoms with E-state index in [0.717, 1.165) is 16.2 Å². The topological polar surface area (TPSA) is 26.3 Å². The highest BCUT2D eigenvalue weighted by Crippen LogP contribution is 2.44. The molecule has 0 aliphatic heterocycles. The molecule has 0 saturated heterocycles. The van der Waals surface area contributed by atoms with Crippen LogP contribution in [0.2, 0.25) is 0 Å². The summed E-state index contributed by atoms with van der Waals surface area (Å²) in [5.74, 6) is 1.56. The second kappa shape index (κ2) is 6.79. The predicted octanol–water partition coefficient (Wildman–Crippen LogP) is 5.40. The fourth-order valence-electron chi connectivity index (χ4n) is 2.88. The molecule has 3 heteroatoms. The Morgan fingerprint density at radius 1 is 1.22 bits per heavy atom. The first-order chi connectivity index (χ1) is 11.0. The molecule has 120 valence electrons. The number of ether oxygens (including phenoxy) is 1. The third kappa shape index (κ3) is 3.97. The summed E-state index contributed by atoms with van der Waals surface area (Å²) in [6, 6.07) is 12.5. The van der Waals surface area contributed by atoms with Gasteiger partial charge in [-0.2, -0.15) is 0 Å². The molecule has 2 nitrogen and oxygen atoms in total. The van der Waals surface area contributed by atoms with Crippen molar-refractivity contribution >= 4 is 16.9 Å². The van der Waals surface area contributed by atoms with Crippen molar-refractivity contribution in [3.05, 3.63) is 58.7 Å². The standard InChI is InChI=1S/C20H22O2S/c1-13-7-10-19(14(2)11-13)22-12-18-17(16-8-9-16)5-4-6-20(18)23-15(3)21/h4-7,10-11,16H,8-9,12H2,1-3H3. The lowest BCUT2D eigenvalue weighted by atomic mass is 10.0. The number of carbonyl (C=O) groups is 1. The van der Waals surface area contributed by atoms with Crippen LogP contribution in [0.4, 0.5) is 0 Å². The van der Waals surface area contributed by atoms with Gasteiger partial charge in [0.25, 0.3) is 0 Å². The molecule has 1 aliphatic carbocycles. The van der Waals surface area contributed by atoms with Crippen LogP contribution in [0.15, 0.2) is 41.3 Å². The highest BCUT2D eigenvalue weighted by atomic mass is 32.2. The van der Waals surface area contributed by atoms with E-state index in [1.54, 1.807) is 6.92 Å². The normalized spacial score (nSPS) is 13.9. The lowest BCUT2D eigenvalue weighted by molar-refractivity contribution is -0.109. The van der Waals surface area contributed by atoms with Gasteiger partial charge in [0, 0.05) is 17.4 Å². The Balaban J connectivity index is 1.86. The van der Waals surface area contributed by atoms with E-state index in [1.807, 2.05) is 12.1 Å². The molecule has 0 radical (unpaired) electrons. The van der Waals surface area contributed by atoms with E-state index in [1.165, 1.54) is 41.3 Å². The van der Waals surface area contributed by atoms with Gasteiger partial charge >= 0.3 is 0 Å². The van der Waals surface area contributed by atoms with Crippen molar-refractivity contribution in [2.45, 2.75) is 51.0 Å². The van der Waals surface area contributed by atoms with Gasteiger partial charge in [-0.1, -0.05) is 41.6 Å². The van der Waals surface area contributed by atoms with Gasteiger partial charge in [0.1, 0.15) is 12.4 Å². The number of benzene rings is 2. The van der Waals surface area contributed by atoms with Crippen LogP contribution in [0.25, 0.3) is 0 Å². The van der Waals surface area contributed by atoms with Crippen molar-refractivity contribution in [1.82, 2.24) is 0 Å². The van der Waals surface area contributed by atoms with Gasteiger partial charge in [-0.15, -0.1) is 0 Å². The molecular weight excluding hydrogens is 304 g/mol. The predicted molar refractivity (Wildman–Crippen MR) is 95.2 cm³/mol. The Kier molecular flexibility index (Phi) is 4.76. The highest BCUT2D eigenvalue weighted by molar-refractivity contribution is 8.13. The molecule has 23 heavy (non-hydrogen) atoms. The Labute approximate surface area is 142 Å². The monoisotopic (exact) mass is 326 g/mol. The fraction of sp³-hybridized carbons (Fsp3) is 0.350. The van der Waals surface area contributed by atoms with Crippen LogP contribution in [0.1, 0.15) is 47.9 Å². The van der Waals surface area contributed by atoms with Gasteiger partial charge in [-0.3, -0.25) is 4.79 Å². The first kappa shape index (κ1) is 16.1. The maximum Gasteiger partial charge on any atom is 0.190 e. The molecule has 2 aromatic carbocycles. The van der Waals surface area contributed by atoms with E-state index in [-0.39, 0.29) is 5.12 Å². The molecule has 0 heterocycles. The second-order valence-corrected chi connectivity index (χ2v) is 7.47. The molecule has 0 N–H and O–H groups in total. The number of hydrogen-bond acceptors (Lipinski definition) is 3. The van der Waals surface area contributed by atoms with Crippen molar-refractivity contribution in [3.63, 3.8) is 0 Å². The summed E-state index contributed by atoms with van der Waals surface area (Å²) >= 11 is 1.31. The number of hydrogen-bond donors (Lipinski definition) is 0. The van der Waals surface area contributed by atoms with Gasteiger partial charge in [0.15, 0.2) is 5.12 Å². The molecule has 0 spiro atoms. The zero-order valence-electron chi connectivity index (χ0n) is 13.9. The van der Waals surface area contributed by atoms with Gasteiger partial charge in [0.2, 0.25) is 0 Å². The van der Waals surface area contributed by atoms with Crippen molar-refractivity contribution < 1.29 is 9.53 Å². The number of rotatable bonds is 5. The van der Waals surface area contributed by atoms with Gasteiger partial charge in [-0.05, 0) is 55.9 Å². The van der Waals surface area contributed by atoms with Crippen LogP contribution in [0, 0.1) is 13.8 Å². The Hall–Kier alpha value is -1.74. The minimum absolute atomic E-state index is 0.116. The van der Waals surface area contributed by atoms with Crippen LogP contribution in [-0.2, 0) is 11.4 Å². The molecule has 0 amide bonds. The number of carbonyl (C=O) groups excluding carboxylic acids is 1. The lowest BCUT2D eigenvalue weighted by Crippen LogP contribution is -2.03. The molecule has 3 rings (SSSR count). The van der Waals surface area contributed by atoms with Crippen LogP contribution in [0.3, 0.4) is 0 Å². The van der Waals surface area contributed by atoms with Crippen LogP contribution in [-0.4, -0.2) is 5.12 Å². The van der Waals surface area contributed by atoms with Crippen LogP contribution >= 0.6 is 11.8 Å². The van der Waals surface area contributed by atoms with E-state index in [9.17, 15) is 4.79 Å². The largest absolute Gasteiger partial charge is 0.489 e. The lowest BCUT2D eigenvalue weighted by Gasteiger charge is -2.16. The van der Waals surface area contributed by atoms with Crippen LogP contribution < -0.4 is 4.74 Å². The summed E-state index contributed by atoms with van der Waals surface area (Å²) in [6.07, 6.45) is 2.48. The third-order valence-corrected chi connectivity index (χ3v) is 5.03. The molecule has 1 aliphatic rings.